The van der Waals surface area contributed by atoms with E-state index in [0.29, 0.717) is 12.6 Å². The Hall–Kier alpha value is -0.610. The molecule has 0 amide bonds. The van der Waals surface area contributed by atoms with Gasteiger partial charge in [0, 0.05) is 19.1 Å². The van der Waals surface area contributed by atoms with Crippen molar-refractivity contribution < 1.29 is 9.90 Å². The molecule has 64 valence electrons. The van der Waals surface area contributed by atoms with Crippen molar-refractivity contribution in [2.75, 3.05) is 13.1 Å². The van der Waals surface area contributed by atoms with Crippen LogP contribution in [0.2, 0.25) is 0 Å². The SMILES string of the molecule is CC1CCN(CCC(=O)O)N1. The number of carboxylic acid groups (broad SMARTS) is 1. The van der Waals surface area contributed by atoms with Crippen LogP contribution < -0.4 is 5.43 Å². The molecule has 0 aromatic rings. The molecule has 0 aliphatic carbocycles. The predicted molar refractivity (Wildman–Crippen MR) is 41.0 cm³/mol. The van der Waals surface area contributed by atoms with Crippen molar-refractivity contribution in [3.05, 3.63) is 0 Å². The third-order valence-corrected chi connectivity index (χ3v) is 1.83. The van der Waals surface area contributed by atoms with E-state index in [9.17, 15) is 4.79 Å². The summed E-state index contributed by atoms with van der Waals surface area (Å²) in [7, 11) is 0. The van der Waals surface area contributed by atoms with E-state index < -0.39 is 5.97 Å². The van der Waals surface area contributed by atoms with Crippen molar-refractivity contribution in [3.63, 3.8) is 0 Å². The highest BCUT2D eigenvalue weighted by Gasteiger charge is 2.17. The highest BCUT2D eigenvalue weighted by atomic mass is 16.4. The number of nitrogens with one attached hydrogen (secondary N) is 1. The monoisotopic (exact) mass is 158 g/mol. The maximum absolute atomic E-state index is 10.2. The summed E-state index contributed by atoms with van der Waals surface area (Å²) in [5.74, 6) is -0.730. The van der Waals surface area contributed by atoms with Crippen LogP contribution in [0.15, 0.2) is 0 Å². The first-order valence-electron chi connectivity index (χ1n) is 3.91. The molecule has 0 spiro atoms. The van der Waals surface area contributed by atoms with Gasteiger partial charge in [0.05, 0.1) is 6.42 Å². The van der Waals surface area contributed by atoms with E-state index in [-0.39, 0.29) is 6.42 Å². The molecule has 1 atom stereocenters. The maximum atomic E-state index is 10.2. The molecule has 0 aromatic heterocycles. The van der Waals surface area contributed by atoms with Gasteiger partial charge < -0.3 is 5.11 Å². The Morgan fingerprint density at radius 3 is 3.00 bits per heavy atom. The molecule has 0 aromatic carbocycles. The Kier molecular flexibility index (Phi) is 2.84. The van der Waals surface area contributed by atoms with Gasteiger partial charge in [-0.1, -0.05) is 0 Å². The maximum Gasteiger partial charge on any atom is 0.304 e. The van der Waals surface area contributed by atoms with Gasteiger partial charge in [0.25, 0.3) is 0 Å². The van der Waals surface area contributed by atoms with Gasteiger partial charge in [0.1, 0.15) is 0 Å². The zero-order valence-electron chi connectivity index (χ0n) is 6.71. The largest absolute Gasteiger partial charge is 0.481 e. The van der Waals surface area contributed by atoms with E-state index in [1.54, 1.807) is 0 Å². The Labute approximate surface area is 66.2 Å². The minimum absolute atomic E-state index is 0.222. The van der Waals surface area contributed by atoms with Crippen molar-refractivity contribution in [3.8, 4) is 0 Å². The number of carbonyl (C=O) groups is 1. The number of nitrogens with zero attached hydrogens (tertiary/aromatic N) is 1. The summed E-state index contributed by atoms with van der Waals surface area (Å²) in [5, 5.41) is 10.4. The second-order valence-electron chi connectivity index (χ2n) is 2.95. The number of carboxylic acids is 1. The van der Waals surface area contributed by atoms with Gasteiger partial charge in [-0.15, -0.1) is 0 Å². The molecule has 1 rings (SSSR count). The summed E-state index contributed by atoms with van der Waals surface area (Å²) >= 11 is 0. The summed E-state index contributed by atoms with van der Waals surface area (Å²) in [6, 6.07) is 0.504. The lowest BCUT2D eigenvalue weighted by Gasteiger charge is -2.14. The minimum atomic E-state index is -0.730. The molecule has 11 heavy (non-hydrogen) atoms. The van der Waals surface area contributed by atoms with E-state index in [4.69, 9.17) is 5.11 Å². The highest BCUT2D eigenvalue weighted by molar-refractivity contribution is 5.66. The molecular weight excluding hydrogens is 144 g/mol. The first-order valence-corrected chi connectivity index (χ1v) is 3.91. The molecule has 0 saturated carbocycles. The van der Waals surface area contributed by atoms with Crippen molar-refractivity contribution in [1.29, 1.82) is 0 Å². The second kappa shape index (κ2) is 3.69. The Bertz CT molecular complexity index is 149. The van der Waals surface area contributed by atoms with Gasteiger partial charge in [0.15, 0.2) is 0 Å². The summed E-state index contributed by atoms with van der Waals surface area (Å²) < 4.78 is 0. The van der Waals surface area contributed by atoms with Crippen LogP contribution in [-0.2, 0) is 4.79 Å². The number of hydrazine groups is 1. The minimum Gasteiger partial charge on any atom is -0.481 e. The first kappa shape index (κ1) is 8.49. The van der Waals surface area contributed by atoms with E-state index in [1.807, 2.05) is 5.01 Å². The molecule has 1 heterocycles. The first-order chi connectivity index (χ1) is 5.18. The summed E-state index contributed by atoms with van der Waals surface area (Å²) in [4.78, 5) is 10.2. The zero-order valence-corrected chi connectivity index (χ0v) is 6.71. The lowest BCUT2D eigenvalue weighted by Crippen LogP contribution is -2.35. The fraction of sp³-hybridized carbons (Fsp3) is 0.857. The van der Waals surface area contributed by atoms with E-state index in [0.717, 1.165) is 13.0 Å². The molecule has 4 heteroatoms. The van der Waals surface area contributed by atoms with Crippen LogP contribution in [0.1, 0.15) is 19.8 Å². The number of aliphatic carboxylic acids is 1. The van der Waals surface area contributed by atoms with Crippen LogP contribution in [0.3, 0.4) is 0 Å². The Morgan fingerprint density at radius 2 is 2.55 bits per heavy atom. The van der Waals surface area contributed by atoms with E-state index >= 15 is 0 Å². The molecule has 1 aliphatic heterocycles. The smallest absolute Gasteiger partial charge is 0.304 e. The molecule has 1 saturated heterocycles. The van der Waals surface area contributed by atoms with Crippen LogP contribution in [0, 0.1) is 0 Å². The van der Waals surface area contributed by atoms with Crippen LogP contribution >= 0.6 is 0 Å². The third-order valence-electron chi connectivity index (χ3n) is 1.83. The second-order valence-corrected chi connectivity index (χ2v) is 2.95. The lowest BCUT2D eigenvalue weighted by atomic mass is 10.3. The van der Waals surface area contributed by atoms with Crippen molar-refractivity contribution >= 4 is 5.97 Å². The van der Waals surface area contributed by atoms with Crippen LogP contribution in [0.25, 0.3) is 0 Å². The van der Waals surface area contributed by atoms with Crippen molar-refractivity contribution in [1.82, 2.24) is 10.4 Å². The van der Waals surface area contributed by atoms with Gasteiger partial charge >= 0.3 is 5.97 Å². The summed E-state index contributed by atoms with van der Waals surface area (Å²) in [6.07, 6.45) is 1.33. The van der Waals surface area contributed by atoms with Crippen molar-refractivity contribution in [2.45, 2.75) is 25.8 Å². The molecule has 1 unspecified atom stereocenters. The third kappa shape index (κ3) is 2.86. The standard InChI is InChI=1S/C7H14N2O2/c1-6-2-4-9(8-6)5-3-7(10)11/h6,8H,2-5H2,1H3,(H,10,11). The zero-order chi connectivity index (χ0) is 8.27. The van der Waals surface area contributed by atoms with Crippen LogP contribution in [-0.4, -0.2) is 35.2 Å². The number of rotatable bonds is 3. The topological polar surface area (TPSA) is 52.6 Å². The lowest BCUT2D eigenvalue weighted by molar-refractivity contribution is -0.137. The quantitative estimate of drug-likeness (QED) is 0.610. The van der Waals surface area contributed by atoms with Gasteiger partial charge in [0.2, 0.25) is 0 Å². The number of hydrogen-bond acceptors (Lipinski definition) is 3. The summed E-state index contributed by atoms with van der Waals surface area (Å²) in [5.41, 5.74) is 3.18. The number of hydrogen-bond donors (Lipinski definition) is 2. The van der Waals surface area contributed by atoms with Gasteiger partial charge in [-0.05, 0) is 13.3 Å². The van der Waals surface area contributed by atoms with Crippen molar-refractivity contribution in [2.24, 2.45) is 0 Å². The van der Waals surface area contributed by atoms with Gasteiger partial charge in [-0.25, -0.2) is 5.01 Å². The fourth-order valence-electron chi connectivity index (χ4n) is 1.20. The van der Waals surface area contributed by atoms with Crippen LogP contribution in [0.4, 0.5) is 0 Å². The van der Waals surface area contributed by atoms with E-state index in [2.05, 4.69) is 12.3 Å². The molecule has 2 N–H and O–H groups in total. The van der Waals surface area contributed by atoms with Crippen LogP contribution in [0.5, 0.6) is 0 Å². The summed E-state index contributed by atoms with van der Waals surface area (Å²) in [6.45, 7) is 3.68. The molecule has 1 aliphatic rings. The fourth-order valence-corrected chi connectivity index (χ4v) is 1.20. The molecule has 0 radical (unpaired) electrons. The highest BCUT2D eigenvalue weighted by Crippen LogP contribution is 2.04. The van der Waals surface area contributed by atoms with E-state index in [1.165, 1.54) is 0 Å². The molecule has 1 fully saturated rings. The van der Waals surface area contributed by atoms with Gasteiger partial charge in [-0.2, -0.15) is 0 Å². The Balaban J connectivity index is 2.13. The molecular formula is C7H14N2O2. The van der Waals surface area contributed by atoms with Gasteiger partial charge in [-0.3, -0.25) is 10.2 Å². The normalized spacial score (nSPS) is 25.7. The molecule has 4 nitrogen and oxygen atoms in total. The Morgan fingerprint density at radius 1 is 1.82 bits per heavy atom. The average molecular weight is 158 g/mol. The predicted octanol–water partition coefficient (Wildman–Crippen LogP) is 0.0599. The average Bonchev–Trinajstić information content (AvgIpc) is 2.31. The molecule has 0 bridgehead atoms.